The van der Waals surface area contributed by atoms with Crippen LogP contribution in [0.3, 0.4) is 0 Å². The maximum Gasteiger partial charge on any atom is 0.304 e. The Hall–Kier alpha value is -0.860. The average molecular weight is 274 g/mol. The first kappa shape index (κ1) is 12.6. The second-order valence-electron chi connectivity index (χ2n) is 4.20. The fourth-order valence-corrected chi connectivity index (χ4v) is 3.94. The van der Waals surface area contributed by atoms with Gasteiger partial charge in [-0.3, -0.25) is 4.79 Å². The van der Waals surface area contributed by atoms with Gasteiger partial charge < -0.3 is 15.3 Å². The Morgan fingerprint density at radius 3 is 2.71 bits per heavy atom. The van der Waals surface area contributed by atoms with Crippen molar-refractivity contribution in [1.29, 1.82) is 0 Å². The third-order valence-corrected chi connectivity index (χ3v) is 4.96. The van der Waals surface area contributed by atoms with Crippen LogP contribution in [0.25, 0.3) is 0 Å². The lowest BCUT2D eigenvalue weighted by Gasteiger charge is -2.39. The van der Waals surface area contributed by atoms with Crippen molar-refractivity contribution in [3.63, 3.8) is 0 Å². The van der Waals surface area contributed by atoms with E-state index in [-0.39, 0.29) is 11.2 Å². The number of hydrogen-bond donors (Lipinski definition) is 2. The molecule has 1 aromatic heterocycles. The number of aliphatic carboxylic acids is 1. The summed E-state index contributed by atoms with van der Waals surface area (Å²) in [6.07, 6.45) is 0.154. The number of nitrogens with zero attached hydrogens (tertiary/aromatic N) is 3. The highest BCUT2D eigenvalue weighted by molar-refractivity contribution is 8.02. The van der Waals surface area contributed by atoms with E-state index in [4.69, 9.17) is 5.11 Å². The molecule has 0 saturated carbocycles. The molecule has 0 radical (unpaired) electrons. The molecule has 94 valence electrons. The Morgan fingerprint density at radius 1 is 1.59 bits per heavy atom. The summed E-state index contributed by atoms with van der Waals surface area (Å²) in [5.74, 6) is -0.767. The molecule has 8 heteroatoms. The van der Waals surface area contributed by atoms with Crippen LogP contribution in [-0.4, -0.2) is 53.2 Å². The van der Waals surface area contributed by atoms with Gasteiger partial charge in [-0.1, -0.05) is 23.1 Å². The molecule has 0 amide bonds. The molecule has 2 N–H and O–H groups in total. The van der Waals surface area contributed by atoms with Gasteiger partial charge in [0.15, 0.2) is 4.34 Å². The molecule has 17 heavy (non-hydrogen) atoms. The highest BCUT2D eigenvalue weighted by Crippen LogP contribution is 2.41. The molecule has 1 aliphatic rings. The van der Waals surface area contributed by atoms with Crippen molar-refractivity contribution in [2.75, 3.05) is 32.1 Å². The summed E-state index contributed by atoms with van der Waals surface area (Å²) in [6, 6.07) is 0. The number of aromatic nitrogens is 2. The first-order valence-corrected chi connectivity index (χ1v) is 6.76. The van der Waals surface area contributed by atoms with Gasteiger partial charge in [0.05, 0.1) is 11.2 Å². The van der Waals surface area contributed by atoms with Gasteiger partial charge in [-0.05, 0) is 0 Å². The third-order valence-electron chi connectivity index (χ3n) is 2.45. The van der Waals surface area contributed by atoms with E-state index in [0.717, 1.165) is 9.47 Å². The van der Waals surface area contributed by atoms with Gasteiger partial charge in [-0.15, -0.1) is 10.2 Å². The lowest BCUT2D eigenvalue weighted by molar-refractivity contribution is -0.138. The van der Waals surface area contributed by atoms with Crippen LogP contribution in [0.4, 0.5) is 5.13 Å². The van der Waals surface area contributed by atoms with E-state index >= 15 is 0 Å². The zero-order valence-corrected chi connectivity index (χ0v) is 11.3. The number of hydrogen-bond acceptors (Lipinski definition) is 7. The normalized spacial score (nSPS) is 17.5. The van der Waals surface area contributed by atoms with Gasteiger partial charge >= 0.3 is 5.97 Å². The molecule has 0 atom stereocenters. The second-order valence-corrected chi connectivity index (χ2v) is 6.88. The second kappa shape index (κ2) is 4.79. The van der Waals surface area contributed by atoms with Gasteiger partial charge in [0.25, 0.3) is 0 Å². The summed E-state index contributed by atoms with van der Waals surface area (Å²) in [5.41, 5.74) is 0. The molecule has 1 aromatic rings. The molecule has 2 heterocycles. The molecule has 0 aliphatic carbocycles. The van der Waals surface area contributed by atoms with Crippen LogP contribution in [0.2, 0.25) is 0 Å². The van der Waals surface area contributed by atoms with Gasteiger partial charge in [-0.2, -0.15) is 0 Å². The van der Waals surface area contributed by atoms with Gasteiger partial charge in [0, 0.05) is 27.2 Å². The van der Waals surface area contributed by atoms with E-state index in [1.165, 1.54) is 23.1 Å². The summed E-state index contributed by atoms with van der Waals surface area (Å²) in [7, 11) is 3.82. The quantitative estimate of drug-likeness (QED) is 0.810. The van der Waals surface area contributed by atoms with Crippen molar-refractivity contribution in [1.82, 2.24) is 15.5 Å². The van der Waals surface area contributed by atoms with Crippen LogP contribution < -0.4 is 10.2 Å². The molecule has 0 spiro atoms. The lowest BCUT2D eigenvalue weighted by atomic mass is 9.98. The summed E-state index contributed by atoms with van der Waals surface area (Å²) >= 11 is 3.01. The van der Waals surface area contributed by atoms with Crippen molar-refractivity contribution in [2.24, 2.45) is 0 Å². The Balaban J connectivity index is 2.05. The number of carbonyl (C=O) groups is 1. The molecule has 0 bridgehead atoms. The summed E-state index contributed by atoms with van der Waals surface area (Å²) in [4.78, 5) is 12.7. The number of thioether (sulfide) groups is 1. The monoisotopic (exact) mass is 274 g/mol. The van der Waals surface area contributed by atoms with Crippen molar-refractivity contribution in [2.45, 2.75) is 15.5 Å². The van der Waals surface area contributed by atoms with Crippen LogP contribution >= 0.6 is 23.1 Å². The summed E-state index contributed by atoms with van der Waals surface area (Å²) < 4.78 is 0.575. The number of carboxylic acid groups (broad SMARTS) is 1. The highest BCUT2D eigenvalue weighted by atomic mass is 32.2. The van der Waals surface area contributed by atoms with Gasteiger partial charge in [-0.25, -0.2) is 0 Å². The predicted octanol–water partition coefficient (Wildman–Crippen LogP) is 0.513. The zero-order valence-electron chi connectivity index (χ0n) is 9.63. The van der Waals surface area contributed by atoms with E-state index in [1.54, 1.807) is 0 Å². The van der Waals surface area contributed by atoms with Crippen molar-refractivity contribution < 1.29 is 9.90 Å². The minimum atomic E-state index is -0.767. The third kappa shape index (κ3) is 2.88. The number of nitrogens with one attached hydrogen (secondary N) is 1. The van der Waals surface area contributed by atoms with E-state index in [2.05, 4.69) is 15.5 Å². The van der Waals surface area contributed by atoms with Crippen molar-refractivity contribution in [3.05, 3.63) is 0 Å². The summed E-state index contributed by atoms with van der Waals surface area (Å²) in [6.45, 7) is 1.42. The zero-order chi connectivity index (χ0) is 12.5. The smallest absolute Gasteiger partial charge is 0.304 e. The Kier molecular flexibility index (Phi) is 3.55. The van der Waals surface area contributed by atoms with Crippen LogP contribution in [0.1, 0.15) is 6.42 Å². The van der Waals surface area contributed by atoms with Gasteiger partial charge in [0.1, 0.15) is 0 Å². The van der Waals surface area contributed by atoms with E-state index in [0.29, 0.717) is 13.1 Å². The average Bonchev–Trinajstić information content (AvgIpc) is 2.62. The molecule has 1 fully saturated rings. The molecule has 1 saturated heterocycles. The predicted molar refractivity (Wildman–Crippen MR) is 67.9 cm³/mol. The minimum Gasteiger partial charge on any atom is -0.481 e. The van der Waals surface area contributed by atoms with E-state index in [9.17, 15) is 4.79 Å². The molecule has 0 unspecified atom stereocenters. The summed E-state index contributed by atoms with van der Waals surface area (Å²) in [5, 5.41) is 21.0. The number of carboxylic acids is 1. The topological polar surface area (TPSA) is 78.4 Å². The Labute approximate surface area is 107 Å². The van der Waals surface area contributed by atoms with Crippen LogP contribution in [-0.2, 0) is 4.79 Å². The molecular formula is C9H14N4O2S2. The van der Waals surface area contributed by atoms with Crippen LogP contribution in [0, 0.1) is 0 Å². The molecule has 6 nitrogen and oxygen atoms in total. The van der Waals surface area contributed by atoms with Crippen LogP contribution in [0.15, 0.2) is 4.34 Å². The Morgan fingerprint density at radius 2 is 2.29 bits per heavy atom. The van der Waals surface area contributed by atoms with E-state index in [1.807, 2.05) is 19.0 Å². The molecular weight excluding hydrogens is 260 g/mol. The number of rotatable bonds is 5. The fraction of sp³-hybridized carbons (Fsp3) is 0.667. The molecule has 1 aliphatic heterocycles. The van der Waals surface area contributed by atoms with Gasteiger partial charge in [0.2, 0.25) is 5.13 Å². The standard InChI is InChI=1S/C9H14N4O2S2/c1-13(2)7-11-12-8(16-7)17-9(3-6(14)15)4-10-5-9/h10H,3-5H2,1-2H3,(H,14,15). The fourth-order valence-electron chi connectivity index (χ4n) is 1.52. The highest BCUT2D eigenvalue weighted by Gasteiger charge is 2.41. The SMILES string of the molecule is CN(C)c1nnc(SC2(CC(=O)O)CNC2)s1. The Bertz CT molecular complexity index is 417. The largest absolute Gasteiger partial charge is 0.481 e. The molecule has 0 aromatic carbocycles. The minimum absolute atomic E-state index is 0.154. The number of anilines is 1. The maximum atomic E-state index is 10.8. The lowest BCUT2D eigenvalue weighted by Crippen LogP contribution is -2.57. The first-order chi connectivity index (χ1) is 8.01. The first-order valence-electron chi connectivity index (χ1n) is 5.13. The van der Waals surface area contributed by atoms with Crippen molar-refractivity contribution >= 4 is 34.2 Å². The molecule has 2 rings (SSSR count). The van der Waals surface area contributed by atoms with Crippen molar-refractivity contribution in [3.8, 4) is 0 Å². The maximum absolute atomic E-state index is 10.8. The van der Waals surface area contributed by atoms with E-state index < -0.39 is 5.97 Å². The van der Waals surface area contributed by atoms with Crippen LogP contribution in [0.5, 0.6) is 0 Å².